The van der Waals surface area contributed by atoms with Gasteiger partial charge in [-0.25, -0.2) is 15.0 Å². The van der Waals surface area contributed by atoms with E-state index in [0.29, 0.717) is 17.5 Å². The minimum Gasteiger partial charge on any atom is -0.308 e. The fraction of sp³-hybridized carbons (Fsp3) is 0. The summed E-state index contributed by atoms with van der Waals surface area (Å²) in [4.78, 5) is 15.6. The summed E-state index contributed by atoms with van der Waals surface area (Å²) in [5, 5.41) is 9.90. The van der Waals surface area contributed by atoms with E-state index in [1.54, 1.807) is 0 Å². The third kappa shape index (κ3) is 5.07. The van der Waals surface area contributed by atoms with Crippen LogP contribution in [0.15, 0.2) is 200 Å². The Balaban J connectivity index is 1.16. The Labute approximate surface area is 374 Å². The lowest BCUT2D eigenvalue weighted by Gasteiger charge is -2.14. The molecule has 0 bridgehead atoms. The summed E-state index contributed by atoms with van der Waals surface area (Å²) < 4.78 is 10.0. The average molecular weight is 852 g/mol. The Hall–Kier alpha value is -7.97. The molecule has 0 spiro atoms. The van der Waals surface area contributed by atoms with E-state index in [2.05, 4.69) is 173 Å². The SMILES string of the molecule is c1ccc(-c2nc(-c3ccccc3)nc(-c3ccc(-n4c5ccccc5c5c6sc7ccccc7c6c6c(c7ccccc7n6-c6ccccc6)c54)c4sc5ccccc5c34)n2)cc1. The Morgan fingerprint density at radius 1 is 0.328 bits per heavy atom. The van der Waals surface area contributed by atoms with Gasteiger partial charge in [0.2, 0.25) is 0 Å². The smallest absolute Gasteiger partial charge is 0.164 e. The van der Waals surface area contributed by atoms with Gasteiger partial charge in [0.05, 0.1) is 32.5 Å². The van der Waals surface area contributed by atoms with E-state index in [1.807, 2.05) is 59.1 Å². The summed E-state index contributed by atoms with van der Waals surface area (Å²) in [5.41, 5.74) is 9.95. The molecule has 14 rings (SSSR count). The second-order valence-electron chi connectivity index (χ2n) is 16.3. The monoisotopic (exact) mass is 851 g/mol. The van der Waals surface area contributed by atoms with Crippen molar-refractivity contribution in [1.82, 2.24) is 24.1 Å². The van der Waals surface area contributed by atoms with Gasteiger partial charge < -0.3 is 9.13 Å². The van der Waals surface area contributed by atoms with E-state index in [1.165, 1.54) is 78.6 Å². The maximum atomic E-state index is 5.26. The highest BCUT2D eigenvalue weighted by Gasteiger charge is 2.28. The molecule has 5 aromatic heterocycles. The molecule has 0 aliphatic heterocycles. The van der Waals surface area contributed by atoms with Gasteiger partial charge in [-0.2, -0.15) is 0 Å². The summed E-state index contributed by atoms with van der Waals surface area (Å²) in [6.07, 6.45) is 0. The molecular formula is C57H33N5S2. The van der Waals surface area contributed by atoms with Crippen molar-refractivity contribution in [3.63, 3.8) is 0 Å². The Kier molecular flexibility index (Phi) is 7.66. The second-order valence-corrected chi connectivity index (χ2v) is 18.4. The predicted octanol–water partition coefficient (Wildman–Crippen LogP) is 15.8. The van der Waals surface area contributed by atoms with Crippen LogP contribution in [0.5, 0.6) is 0 Å². The number of benzene rings is 9. The number of para-hydroxylation sites is 3. The van der Waals surface area contributed by atoms with Gasteiger partial charge in [0, 0.05) is 79.6 Å². The molecule has 0 unspecified atom stereocenters. The van der Waals surface area contributed by atoms with E-state index in [9.17, 15) is 0 Å². The molecule has 0 amide bonds. The quantitative estimate of drug-likeness (QED) is 0.173. The van der Waals surface area contributed by atoms with Gasteiger partial charge >= 0.3 is 0 Å². The third-order valence-electron chi connectivity index (χ3n) is 12.7. The van der Waals surface area contributed by atoms with Crippen molar-refractivity contribution in [2.45, 2.75) is 0 Å². The molecule has 9 aromatic carbocycles. The van der Waals surface area contributed by atoms with Crippen LogP contribution in [0.3, 0.4) is 0 Å². The highest BCUT2D eigenvalue weighted by molar-refractivity contribution is 7.27. The number of hydrogen-bond donors (Lipinski definition) is 0. The minimum atomic E-state index is 0.646. The van der Waals surface area contributed by atoms with Gasteiger partial charge in [-0.05, 0) is 48.5 Å². The van der Waals surface area contributed by atoms with Crippen LogP contribution < -0.4 is 0 Å². The molecule has 0 N–H and O–H groups in total. The molecule has 0 aliphatic rings. The fourth-order valence-corrected chi connectivity index (χ4v) is 12.6. The van der Waals surface area contributed by atoms with Gasteiger partial charge in [0.15, 0.2) is 17.5 Å². The zero-order valence-electron chi connectivity index (χ0n) is 34.1. The standard InChI is InChI=1S/C57H33N5S2/c1-4-18-34(19-5-1)55-58-56(35-20-6-2-7-21-35)60-57(59-55)41-32-33-44(53-47(41)39-26-12-16-30-45(39)63-53)62-43-29-15-11-25-38(43)49-52(62)48-37-24-10-14-28-42(37)61(36-22-8-3-9-23-36)51(48)50-40-27-13-17-31-46(40)64-54(49)50/h1-33H. The van der Waals surface area contributed by atoms with Crippen LogP contribution >= 0.6 is 22.7 Å². The second kappa shape index (κ2) is 13.8. The summed E-state index contributed by atoms with van der Waals surface area (Å²) in [6.45, 7) is 0. The maximum Gasteiger partial charge on any atom is 0.164 e. The van der Waals surface area contributed by atoms with Crippen molar-refractivity contribution in [3.8, 4) is 45.5 Å². The summed E-state index contributed by atoms with van der Waals surface area (Å²) in [6, 6.07) is 71.5. The van der Waals surface area contributed by atoms with Crippen LogP contribution in [0.1, 0.15) is 0 Å². The molecule has 0 atom stereocenters. The lowest BCUT2D eigenvalue weighted by molar-refractivity contribution is 1.08. The van der Waals surface area contributed by atoms with E-state index in [-0.39, 0.29) is 0 Å². The molecular weight excluding hydrogens is 819 g/mol. The van der Waals surface area contributed by atoms with E-state index in [4.69, 9.17) is 15.0 Å². The number of rotatable bonds is 5. The van der Waals surface area contributed by atoms with Crippen molar-refractivity contribution in [3.05, 3.63) is 200 Å². The molecule has 7 heteroatoms. The van der Waals surface area contributed by atoms with Crippen molar-refractivity contribution < 1.29 is 0 Å². The lowest BCUT2D eigenvalue weighted by Crippen LogP contribution is -2.01. The molecule has 14 aromatic rings. The Morgan fingerprint density at radius 2 is 0.781 bits per heavy atom. The highest BCUT2D eigenvalue weighted by atomic mass is 32.1. The molecule has 298 valence electrons. The zero-order chi connectivity index (χ0) is 41.9. The van der Waals surface area contributed by atoms with Crippen molar-refractivity contribution in [2.75, 3.05) is 0 Å². The Morgan fingerprint density at radius 3 is 1.42 bits per heavy atom. The first-order chi connectivity index (χ1) is 31.8. The highest BCUT2D eigenvalue weighted by Crippen LogP contribution is 2.52. The number of aromatic nitrogens is 5. The van der Waals surface area contributed by atoms with E-state index in [0.717, 1.165) is 33.5 Å². The molecule has 64 heavy (non-hydrogen) atoms. The fourth-order valence-electron chi connectivity index (χ4n) is 10.1. The third-order valence-corrected chi connectivity index (χ3v) is 15.1. The van der Waals surface area contributed by atoms with Gasteiger partial charge in [0.25, 0.3) is 0 Å². The first-order valence-electron chi connectivity index (χ1n) is 21.5. The zero-order valence-corrected chi connectivity index (χ0v) is 35.7. The van der Waals surface area contributed by atoms with Crippen LogP contribution in [0.4, 0.5) is 0 Å². The first kappa shape index (κ1) is 35.6. The molecule has 0 radical (unpaired) electrons. The van der Waals surface area contributed by atoms with Crippen LogP contribution in [0, 0.1) is 0 Å². The van der Waals surface area contributed by atoms with Crippen LogP contribution in [0.25, 0.3) is 129 Å². The maximum absolute atomic E-state index is 5.26. The van der Waals surface area contributed by atoms with Crippen LogP contribution in [-0.2, 0) is 0 Å². The molecule has 5 heterocycles. The molecule has 5 nitrogen and oxygen atoms in total. The van der Waals surface area contributed by atoms with E-state index < -0.39 is 0 Å². The topological polar surface area (TPSA) is 48.5 Å². The predicted molar refractivity (Wildman–Crippen MR) is 271 cm³/mol. The normalized spacial score (nSPS) is 12.1. The van der Waals surface area contributed by atoms with E-state index >= 15 is 0 Å². The largest absolute Gasteiger partial charge is 0.308 e. The van der Waals surface area contributed by atoms with Crippen molar-refractivity contribution in [2.24, 2.45) is 0 Å². The van der Waals surface area contributed by atoms with Gasteiger partial charge in [-0.1, -0.05) is 152 Å². The minimum absolute atomic E-state index is 0.646. The Bertz CT molecular complexity index is 4120. The molecule has 0 fully saturated rings. The number of thiophene rings is 2. The lowest BCUT2D eigenvalue weighted by atomic mass is 10.0. The summed E-state index contributed by atoms with van der Waals surface area (Å²) in [7, 11) is 0. The first-order valence-corrected chi connectivity index (χ1v) is 23.1. The molecule has 0 saturated carbocycles. The van der Waals surface area contributed by atoms with Crippen molar-refractivity contribution in [1.29, 1.82) is 0 Å². The molecule has 0 aliphatic carbocycles. The number of nitrogens with zero attached hydrogens (tertiary/aromatic N) is 5. The van der Waals surface area contributed by atoms with Gasteiger partial charge in [0.1, 0.15) is 0 Å². The van der Waals surface area contributed by atoms with Gasteiger partial charge in [-0.3, -0.25) is 0 Å². The van der Waals surface area contributed by atoms with Crippen LogP contribution in [0.2, 0.25) is 0 Å². The summed E-state index contributed by atoms with van der Waals surface area (Å²) in [5.74, 6) is 1.94. The average Bonchev–Trinajstić information content (AvgIpc) is 4.13. The van der Waals surface area contributed by atoms with Crippen molar-refractivity contribution >= 4 is 107 Å². The summed E-state index contributed by atoms with van der Waals surface area (Å²) >= 11 is 3.74. The van der Waals surface area contributed by atoms with Gasteiger partial charge in [-0.15, -0.1) is 22.7 Å². The number of fused-ring (bicyclic) bond motifs is 15. The molecule has 0 saturated heterocycles. The van der Waals surface area contributed by atoms with Crippen LogP contribution in [-0.4, -0.2) is 24.1 Å². The number of hydrogen-bond acceptors (Lipinski definition) is 5.